The van der Waals surface area contributed by atoms with E-state index >= 15 is 0 Å². The summed E-state index contributed by atoms with van der Waals surface area (Å²) in [6.07, 6.45) is 7.29. The van der Waals surface area contributed by atoms with Crippen molar-refractivity contribution >= 4 is 5.91 Å². The minimum atomic E-state index is 0.0935. The SMILES string of the molecule is Cc1cnn(CC2CCCCN2C(=O)COC(C)C)c1. The van der Waals surface area contributed by atoms with E-state index in [1.54, 1.807) is 0 Å². The van der Waals surface area contributed by atoms with Gasteiger partial charge in [-0.3, -0.25) is 9.48 Å². The topological polar surface area (TPSA) is 47.4 Å². The zero-order valence-electron chi connectivity index (χ0n) is 12.7. The Bertz CT molecular complexity index is 442. The Kier molecular flexibility index (Phi) is 5.17. The first-order valence-corrected chi connectivity index (χ1v) is 7.46. The molecule has 2 rings (SSSR count). The van der Waals surface area contributed by atoms with Crippen LogP contribution in [0.4, 0.5) is 0 Å². The van der Waals surface area contributed by atoms with Gasteiger partial charge in [0.25, 0.3) is 0 Å². The van der Waals surface area contributed by atoms with E-state index in [0.29, 0.717) is 0 Å². The second-order valence-electron chi connectivity index (χ2n) is 5.84. The molecular weight excluding hydrogens is 254 g/mol. The summed E-state index contributed by atoms with van der Waals surface area (Å²) in [5, 5.41) is 4.33. The standard InChI is InChI=1S/C15H25N3O2/c1-12(2)20-11-15(19)18-7-5-4-6-14(18)10-17-9-13(3)8-16-17/h8-9,12,14H,4-7,10-11H2,1-3H3. The number of aryl methyl sites for hydroxylation is 1. The van der Waals surface area contributed by atoms with E-state index < -0.39 is 0 Å². The number of rotatable bonds is 5. The maximum Gasteiger partial charge on any atom is 0.248 e. The molecule has 1 unspecified atom stereocenters. The molecule has 1 fully saturated rings. The van der Waals surface area contributed by atoms with Gasteiger partial charge in [0.15, 0.2) is 0 Å². The summed E-state index contributed by atoms with van der Waals surface area (Å²) in [5.41, 5.74) is 1.15. The number of ether oxygens (including phenoxy) is 1. The largest absolute Gasteiger partial charge is 0.369 e. The molecule has 20 heavy (non-hydrogen) atoms. The number of carbonyl (C=O) groups is 1. The molecule has 0 aliphatic carbocycles. The van der Waals surface area contributed by atoms with Crippen LogP contribution in [0.25, 0.3) is 0 Å². The van der Waals surface area contributed by atoms with E-state index in [0.717, 1.165) is 31.5 Å². The number of nitrogens with zero attached hydrogens (tertiary/aromatic N) is 3. The molecule has 1 aromatic heterocycles. The lowest BCUT2D eigenvalue weighted by atomic mass is 10.0. The van der Waals surface area contributed by atoms with Crippen LogP contribution in [0.3, 0.4) is 0 Å². The summed E-state index contributed by atoms with van der Waals surface area (Å²) < 4.78 is 7.39. The van der Waals surface area contributed by atoms with Crippen molar-refractivity contribution < 1.29 is 9.53 Å². The molecule has 0 bridgehead atoms. The molecule has 112 valence electrons. The van der Waals surface area contributed by atoms with Gasteiger partial charge in [-0.1, -0.05) is 0 Å². The highest BCUT2D eigenvalue weighted by Crippen LogP contribution is 2.19. The van der Waals surface area contributed by atoms with Crippen LogP contribution in [0, 0.1) is 6.92 Å². The summed E-state index contributed by atoms with van der Waals surface area (Å²) in [6.45, 7) is 7.74. The summed E-state index contributed by atoms with van der Waals surface area (Å²) in [7, 11) is 0. The minimum Gasteiger partial charge on any atom is -0.369 e. The smallest absolute Gasteiger partial charge is 0.248 e. The van der Waals surface area contributed by atoms with Crippen LogP contribution in [-0.4, -0.2) is 45.9 Å². The van der Waals surface area contributed by atoms with E-state index in [1.807, 2.05) is 42.7 Å². The fourth-order valence-electron chi connectivity index (χ4n) is 2.62. The zero-order chi connectivity index (χ0) is 14.5. The average Bonchev–Trinajstić information content (AvgIpc) is 2.82. The van der Waals surface area contributed by atoms with Crippen LogP contribution >= 0.6 is 0 Å². The molecule has 1 saturated heterocycles. The summed E-state index contributed by atoms with van der Waals surface area (Å²) >= 11 is 0. The molecule has 1 aliphatic heterocycles. The van der Waals surface area contributed by atoms with E-state index in [1.165, 1.54) is 6.42 Å². The average molecular weight is 279 g/mol. The predicted molar refractivity (Wildman–Crippen MR) is 77.4 cm³/mol. The second-order valence-corrected chi connectivity index (χ2v) is 5.84. The highest BCUT2D eigenvalue weighted by molar-refractivity contribution is 5.77. The number of hydrogen-bond donors (Lipinski definition) is 0. The Morgan fingerprint density at radius 2 is 2.30 bits per heavy atom. The molecule has 1 amide bonds. The Morgan fingerprint density at radius 1 is 1.50 bits per heavy atom. The lowest BCUT2D eigenvalue weighted by molar-refractivity contribution is -0.141. The van der Waals surface area contributed by atoms with Crippen LogP contribution in [-0.2, 0) is 16.1 Å². The van der Waals surface area contributed by atoms with E-state index in [2.05, 4.69) is 5.10 Å². The van der Waals surface area contributed by atoms with Gasteiger partial charge in [-0.2, -0.15) is 5.10 Å². The molecular formula is C15H25N3O2. The van der Waals surface area contributed by atoms with Crippen LogP contribution in [0.2, 0.25) is 0 Å². The maximum atomic E-state index is 12.3. The molecule has 1 aliphatic rings. The Hall–Kier alpha value is -1.36. The van der Waals surface area contributed by atoms with Gasteiger partial charge in [-0.05, 0) is 45.6 Å². The van der Waals surface area contributed by atoms with Gasteiger partial charge in [-0.25, -0.2) is 0 Å². The lowest BCUT2D eigenvalue weighted by Crippen LogP contribution is -2.47. The minimum absolute atomic E-state index is 0.0935. The van der Waals surface area contributed by atoms with Crippen molar-refractivity contribution in [2.75, 3.05) is 13.2 Å². The Balaban J connectivity index is 1.95. The highest BCUT2D eigenvalue weighted by atomic mass is 16.5. The lowest BCUT2D eigenvalue weighted by Gasteiger charge is -2.35. The van der Waals surface area contributed by atoms with Gasteiger partial charge in [-0.15, -0.1) is 0 Å². The molecule has 0 saturated carbocycles. The first kappa shape index (κ1) is 15.0. The van der Waals surface area contributed by atoms with Crippen molar-refractivity contribution in [2.24, 2.45) is 0 Å². The Labute approximate surface area is 120 Å². The molecule has 5 heteroatoms. The summed E-state index contributed by atoms with van der Waals surface area (Å²) in [6, 6.07) is 0.242. The number of amides is 1. The van der Waals surface area contributed by atoms with Crippen LogP contribution < -0.4 is 0 Å². The van der Waals surface area contributed by atoms with Crippen molar-refractivity contribution in [3.63, 3.8) is 0 Å². The zero-order valence-corrected chi connectivity index (χ0v) is 12.7. The van der Waals surface area contributed by atoms with Gasteiger partial charge in [0, 0.05) is 12.7 Å². The van der Waals surface area contributed by atoms with Crippen LogP contribution in [0.15, 0.2) is 12.4 Å². The third-order valence-corrected chi connectivity index (χ3v) is 3.65. The normalized spacial score (nSPS) is 19.6. The third-order valence-electron chi connectivity index (χ3n) is 3.65. The quantitative estimate of drug-likeness (QED) is 0.828. The molecule has 0 radical (unpaired) electrons. The Morgan fingerprint density at radius 3 is 2.95 bits per heavy atom. The van der Waals surface area contributed by atoms with Crippen molar-refractivity contribution in [3.05, 3.63) is 18.0 Å². The monoisotopic (exact) mass is 279 g/mol. The first-order valence-electron chi connectivity index (χ1n) is 7.46. The van der Waals surface area contributed by atoms with Gasteiger partial charge < -0.3 is 9.64 Å². The second kappa shape index (κ2) is 6.88. The van der Waals surface area contributed by atoms with E-state index in [9.17, 15) is 4.79 Å². The molecule has 0 spiro atoms. The summed E-state index contributed by atoms with van der Waals surface area (Å²) in [5.74, 6) is 0.104. The molecule has 0 N–H and O–H groups in total. The molecule has 5 nitrogen and oxygen atoms in total. The van der Waals surface area contributed by atoms with Gasteiger partial charge >= 0.3 is 0 Å². The molecule has 1 aromatic rings. The van der Waals surface area contributed by atoms with Crippen LogP contribution in [0.1, 0.15) is 38.7 Å². The molecule has 0 aromatic carbocycles. The number of piperidine rings is 1. The molecule has 1 atom stereocenters. The first-order chi connectivity index (χ1) is 9.56. The summed E-state index contributed by atoms with van der Waals surface area (Å²) in [4.78, 5) is 14.3. The number of hydrogen-bond acceptors (Lipinski definition) is 3. The fraction of sp³-hybridized carbons (Fsp3) is 0.733. The number of likely N-dealkylation sites (tertiary alicyclic amines) is 1. The number of carbonyl (C=O) groups excluding carboxylic acids is 1. The van der Waals surface area contributed by atoms with Crippen molar-refractivity contribution in [3.8, 4) is 0 Å². The third kappa shape index (κ3) is 4.07. The van der Waals surface area contributed by atoms with Gasteiger partial charge in [0.05, 0.1) is 24.9 Å². The maximum absolute atomic E-state index is 12.3. The van der Waals surface area contributed by atoms with Crippen molar-refractivity contribution in [1.82, 2.24) is 14.7 Å². The number of aromatic nitrogens is 2. The van der Waals surface area contributed by atoms with Gasteiger partial charge in [0.2, 0.25) is 5.91 Å². The van der Waals surface area contributed by atoms with Crippen molar-refractivity contribution in [1.29, 1.82) is 0 Å². The highest BCUT2D eigenvalue weighted by Gasteiger charge is 2.27. The van der Waals surface area contributed by atoms with Gasteiger partial charge in [0.1, 0.15) is 6.61 Å². The predicted octanol–water partition coefficient (Wildman–Crippen LogP) is 2.00. The molecule has 2 heterocycles. The van der Waals surface area contributed by atoms with E-state index in [-0.39, 0.29) is 24.7 Å². The van der Waals surface area contributed by atoms with Crippen molar-refractivity contribution in [2.45, 2.75) is 58.7 Å². The van der Waals surface area contributed by atoms with Crippen LogP contribution in [0.5, 0.6) is 0 Å². The van der Waals surface area contributed by atoms with E-state index in [4.69, 9.17) is 4.74 Å². The fourth-order valence-corrected chi connectivity index (χ4v) is 2.62.